The van der Waals surface area contributed by atoms with E-state index in [1.165, 1.54) is 14.0 Å². The Morgan fingerprint density at radius 3 is 2.56 bits per heavy atom. The molecule has 2 fully saturated rings. The van der Waals surface area contributed by atoms with Crippen molar-refractivity contribution in [2.45, 2.75) is 24.6 Å². The number of rotatable bonds is 4. The first-order valence-corrected chi connectivity index (χ1v) is 8.40. The first-order valence-electron chi connectivity index (χ1n) is 8.40. The number of allylic oxidation sites excluding steroid dienone is 2. The molecule has 7 heteroatoms. The molecular formula is C20H18O7. The van der Waals surface area contributed by atoms with Crippen molar-refractivity contribution in [2.75, 3.05) is 14.2 Å². The Morgan fingerprint density at radius 2 is 1.89 bits per heavy atom. The average Bonchev–Trinajstić information content (AvgIpc) is 2.99. The SMILES string of the molecule is COc1ccc(OC(=O)[C@@]2(C)O[C@@]3(OC)O[C@@H]2C(=O)C2C=C=CC=C23)cc1. The Hall–Kier alpha value is -2.70. The van der Waals surface area contributed by atoms with Gasteiger partial charge in [0, 0.05) is 12.7 Å². The number of ether oxygens (including phenoxy) is 5. The molecular weight excluding hydrogens is 352 g/mol. The highest BCUT2D eigenvalue weighted by Gasteiger charge is 2.69. The van der Waals surface area contributed by atoms with Crippen LogP contribution in [0, 0.1) is 5.92 Å². The van der Waals surface area contributed by atoms with Gasteiger partial charge in [-0.25, -0.2) is 4.79 Å². The van der Waals surface area contributed by atoms with E-state index < -0.39 is 29.6 Å². The van der Waals surface area contributed by atoms with Crippen LogP contribution in [0.5, 0.6) is 11.5 Å². The summed E-state index contributed by atoms with van der Waals surface area (Å²) in [4.78, 5) is 25.8. The molecule has 0 radical (unpaired) electrons. The minimum absolute atomic E-state index is 0.296. The van der Waals surface area contributed by atoms with Gasteiger partial charge in [-0.3, -0.25) is 4.79 Å². The normalized spacial score (nSPS) is 33.4. The summed E-state index contributed by atoms with van der Waals surface area (Å²) in [5.74, 6) is -2.37. The summed E-state index contributed by atoms with van der Waals surface area (Å²) in [6, 6.07) is 6.50. The van der Waals surface area contributed by atoms with Gasteiger partial charge in [0.2, 0.25) is 5.60 Å². The van der Waals surface area contributed by atoms with E-state index in [-0.39, 0.29) is 5.78 Å². The highest BCUT2D eigenvalue weighted by Crippen LogP contribution is 2.50. The summed E-state index contributed by atoms with van der Waals surface area (Å²) >= 11 is 0. The maximum Gasteiger partial charge on any atom is 0.347 e. The van der Waals surface area contributed by atoms with E-state index in [4.69, 9.17) is 23.7 Å². The molecule has 1 aromatic carbocycles. The van der Waals surface area contributed by atoms with Gasteiger partial charge in [-0.05, 0) is 49.4 Å². The number of benzene rings is 1. The minimum atomic E-state index is -1.67. The fourth-order valence-corrected chi connectivity index (χ4v) is 3.46. The largest absolute Gasteiger partial charge is 0.497 e. The van der Waals surface area contributed by atoms with E-state index in [9.17, 15) is 9.59 Å². The molecule has 3 aliphatic rings. The molecule has 7 nitrogen and oxygen atoms in total. The fourth-order valence-electron chi connectivity index (χ4n) is 3.46. The monoisotopic (exact) mass is 370 g/mol. The van der Waals surface area contributed by atoms with Gasteiger partial charge < -0.3 is 23.7 Å². The molecule has 4 rings (SSSR count). The smallest absolute Gasteiger partial charge is 0.347 e. The number of esters is 1. The Morgan fingerprint density at radius 1 is 1.19 bits per heavy atom. The van der Waals surface area contributed by atoms with Gasteiger partial charge >= 0.3 is 11.9 Å². The first kappa shape index (κ1) is 17.7. The van der Waals surface area contributed by atoms with Gasteiger partial charge in [0.15, 0.2) is 11.9 Å². The van der Waals surface area contributed by atoms with Crippen molar-refractivity contribution in [3.05, 3.63) is 53.8 Å². The zero-order chi connectivity index (χ0) is 19.2. The molecule has 140 valence electrons. The molecule has 2 saturated heterocycles. The average molecular weight is 370 g/mol. The molecule has 1 aromatic rings. The number of carbonyl (C=O) groups is 2. The van der Waals surface area contributed by atoms with Crippen LogP contribution >= 0.6 is 0 Å². The van der Waals surface area contributed by atoms with Gasteiger partial charge in [0.25, 0.3) is 0 Å². The second kappa shape index (κ2) is 6.18. The molecule has 0 N–H and O–H groups in total. The second-order valence-corrected chi connectivity index (χ2v) is 6.53. The predicted octanol–water partition coefficient (Wildman–Crippen LogP) is 1.93. The summed E-state index contributed by atoms with van der Waals surface area (Å²) in [5, 5.41) is 0. The Labute approximate surface area is 155 Å². The van der Waals surface area contributed by atoms with E-state index in [0.29, 0.717) is 17.1 Å². The quantitative estimate of drug-likeness (QED) is 0.455. The van der Waals surface area contributed by atoms with Crippen molar-refractivity contribution >= 4 is 11.8 Å². The first-order chi connectivity index (χ1) is 12.9. The summed E-state index contributed by atoms with van der Waals surface area (Å²) in [6.07, 6.45) is 3.74. The summed E-state index contributed by atoms with van der Waals surface area (Å²) in [7, 11) is 2.94. The van der Waals surface area contributed by atoms with Crippen LogP contribution in [0.3, 0.4) is 0 Å². The lowest BCUT2D eigenvalue weighted by Crippen LogP contribution is -2.52. The van der Waals surface area contributed by atoms with Gasteiger partial charge in [0.1, 0.15) is 11.5 Å². The molecule has 0 saturated carbocycles. The van der Waals surface area contributed by atoms with Crippen LogP contribution in [0.1, 0.15) is 6.92 Å². The number of hydrogen-bond acceptors (Lipinski definition) is 7. The Balaban J connectivity index is 1.65. The maximum absolute atomic E-state index is 12.9. The van der Waals surface area contributed by atoms with Crippen LogP contribution in [0.15, 0.2) is 53.8 Å². The molecule has 0 amide bonds. The van der Waals surface area contributed by atoms with Crippen LogP contribution < -0.4 is 9.47 Å². The van der Waals surface area contributed by atoms with E-state index in [1.807, 2.05) is 0 Å². The van der Waals surface area contributed by atoms with E-state index in [0.717, 1.165) is 0 Å². The molecule has 0 aromatic heterocycles. The van der Waals surface area contributed by atoms with Gasteiger partial charge in [0.05, 0.1) is 13.0 Å². The lowest BCUT2D eigenvalue weighted by atomic mass is 9.82. The molecule has 4 atom stereocenters. The van der Waals surface area contributed by atoms with Gasteiger partial charge in [-0.1, -0.05) is 0 Å². The molecule has 2 heterocycles. The highest BCUT2D eigenvalue weighted by molar-refractivity contribution is 5.99. The third-order valence-electron chi connectivity index (χ3n) is 4.94. The summed E-state index contributed by atoms with van der Waals surface area (Å²) in [6.45, 7) is 1.47. The number of hydrogen-bond donors (Lipinski definition) is 0. The van der Waals surface area contributed by atoms with Gasteiger partial charge in [-0.2, -0.15) is 0 Å². The number of Topliss-reactive ketones (excluding diaryl/α,β-unsaturated/α-hetero) is 1. The van der Waals surface area contributed by atoms with Crippen LogP contribution in [0.4, 0.5) is 0 Å². The zero-order valence-electron chi connectivity index (χ0n) is 15.1. The van der Waals surface area contributed by atoms with Crippen molar-refractivity contribution in [3.63, 3.8) is 0 Å². The number of carbonyl (C=O) groups excluding carboxylic acids is 2. The van der Waals surface area contributed by atoms with E-state index in [1.54, 1.807) is 49.6 Å². The van der Waals surface area contributed by atoms with Crippen LogP contribution in [-0.2, 0) is 23.8 Å². The lowest BCUT2D eigenvalue weighted by molar-refractivity contribution is -0.315. The third-order valence-corrected chi connectivity index (χ3v) is 4.94. The predicted molar refractivity (Wildman–Crippen MR) is 92.0 cm³/mol. The summed E-state index contributed by atoms with van der Waals surface area (Å²) < 4.78 is 27.7. The molecule has 1 unspecified atom stereocenters. The Kier molecular flexibility index (Phi) is 4.05. The van der Waals surface area contributed by atoms with Crippen LogP contribution in [-0.4, -0.2) is 43.7 Å². The molecule has 2 bridgehead atoms. The highest BCUT2D eigenvalue weighted by atomic mass is 16.9. The maximum atomic E-state index is 12.9. The fraction of sp³-hybridized carbons (Fsp3) is 0.350. The standard InChI is InChI=1S/C20H18O7/c1-19(18(22)25-13-10-8-12(23-2)9-11-13)17-16(21)14-6-4-5-7-15(14)20(24-3,26-17)27-19/h5-11,14,17H,1-3H3/t14?,17-,19+,20+/m1/s1. The van der Waals surface area contributed by atoms with Crippen molar-refractivity contribution in [2.24, 2.45) is 5.92 Å². The molecule has 0 spiro atoms. The third kappa shape index (κ3) is 2.56. The van der Waals surface area contributed by atoms with Crippen LogP contribution in [0.25, 0.3) is 0 Å². The summed E-state index contributed by atoms with van der Waals surface area (Å²) in [5.41, 5.74) is 1.70. The zero-order valence-corrected chi connectivity index (χ0v) is 15.1. The van der Waals surface area contributed by atoms with E-state index in [2.05, 4.69) is 5.73 Å². The molecule has 2 aliphatic heterocycles. The van der Waals surface area contributed by atoms with Gasteiger partial charge in [-0.15, -0.1) is 5.73 Å². The molecule has 27 heavy (non-hydrogen) atoms. The number of fused-ring (bicyclic) bond motifs is 4. The Bertz CT molecular complexity index is 893. The van der Waals surface area contributed by atoms with Crippen molar-refractivity contribution < 1.29 is 33.3 Å². The molecule has 1 aliphatic carbocycles. The van der Waals surface area contributed by atoms with Crippen LogP contribution in [0.2, 0.25) is 0 Å². The second-order valence-electron chi connectivity index (χ2n) is 6.53. The lowest BCUT2D eigenvalue weighted by Gasteiger charge is -2.35. The topological polar surface area (TPSA) is 80.3 Å². The minimum Gasteiger partial charge on any atom is -0.497 e. The number of ketones is 1. The van der Waals surface area contributed by atoms with Crippen molar-refractivity contribution in [3.8, 4) is 11.5 Å². The number of methoxy groups -OCH3 is 2. The van der Waals surface area contributed by atoms with Crippen molar-refractivity contribution in [1.82, 2.24) is 0 Å². The van der Waals surface area contributed by atoms with Crippen molar-refractivity contribution in [1.29, 1.82) is 0 Å². The van der Waals surface area contributed by atoms with E-state index >= 15 is 0 Å².